The normalized spacial score (nSPS) is 14.4. The standard InChI is InChI=1S/C30H34N2O4/c1-19-12-13-26-28(19)24(17-31-14-15-32-21(3)33)16-27(30(34)35)29(26)36-18-23-10-7-11-25(20(23)2)22-8-5-4-6-9-22/h4-11,16,19,31H,12-15,17-18H2,1-3H3,(H,32,33)(H,34,35). The van der Waals surface area contributed by atoms with Crippen LogP contribution in [0.2, 0.25) is 0 Å². The Balaban J connectivity index is 1.60. The molecule has 4 rings (SSSR count). The lowest BCUT2D eigenvalue weighted by Crippen LogP contribution is -2.30. The molecule has 3 N–H and O–H groups in total. The molecule has 6 heteroatoms. The highest BCUT2D eigenvalue weighted by Gasteiger charge is 2.29. The Hall–Kier alpha value is -3.64. The molecule has 0 heterocycles. The molecule has 0 bridgehead atoms. The monoisotopic (exact) mass is 486 g/mol. The first-order chi connectivity index (χ1) is 17.4. The lowest BCUT2D eigenvalue weighted by atomic mass is 9.93. The Morgan fingerprint density at radius 3 is 2.56 bits per heavy atom. The summed E-state index contributed by atoms with van der Waals surface area (Å²) in [6.45, 7) is 7.76. The molecular formula is C30H34N2O4. The largest absolute Gasteiger partial charge is 0.488 e. The van der Waals surface area contributed by atoms with E-state index in [1.165, 1.54) is 12.5 Å². The quantitative estimate of drug-likeness (QED) is 0.342. The summed E-state index contributed by atoms with van der Waals surface area (Å²) in [6, 6.07) is 18.2. The highest BCUT2D eigenvalue weighted by molar-refractivity contribution is 5.92. The zero-order valence-corrected chi connectivity index (χ0v) is 21.2. The van der Waals surface area contributed by atoms with E-state index in [4.69, 9.17) is 4.74 Å². The maximum Gasteiger partial charge on any atom is 0.339 e. The van der Waals surface area contributed by atoms with Gasteiger partial charge in [0.2, 0.25) is 5.91 Å². The summed E-state index contributed by atoms with van der Waals surface area (Å²) in [5.41, 5.74) is 7.86. The number of carboxylic acids is 1. The molecule has 3 aromatic rings. The molecule has 6 nitrogen and oxygen atoms in total. The van der Waals surface area contributed by atoms with E-state index in [0.29, 0.717) is 37.9 Å². The van der Waals surface area contributed by atoms with E-state index in [0.717, 1.165) is 46.2 Å². The third kappa shape index (κ3) is 5.60. The topological polar surface area (TPSA) is 87.7 Å². The van der Waals surface area contributed by atoms with Gasteiger partial charge in [0.1, 0.15) is 17.9 Å². The van der Waals surface area contributed by atoms with Crippen molar-refractivity contribution in [3.8, 4) is 16.9 Å². The molecule has 0 fully saturated rings. The molecule has 1 amide bonds. The van der Waals surface area contributed by atoms with Crippen LogP contribution in [0.5, 0.6) is 5.75 Å². The Morgan fingerprint density at radius 1 is 1.06 bits per heavy atom. The molecule has 0 spiro atoms. The van der Waals surface area contributed by atoms with Crippen LogP contribution in [0.15, 0.2) is 54.6 Å². The second-order valence-electron chi connectivity index (χ2n) is 9.45. The maximum absolute atomic E-state index is 12.3. The third-order valence-corrected chi connectivity index (χ3v) is 6.95. The molecular weight excluding hydrogens is 452 g/mol. The smallest absolute Gasteiger partial charge is 0.339 e. The molecule has 0 radical (unpaired) electrons. The van der Waals surface area contributed by atoms with Crippen LogP contribution in [0.25, 0.3) is 11.1 Å². The van der Waals surface area contributed by atoms with Crippen molar-refractivity contribution in [1.82, 2.24) is 10.6 Å². The molecule has 1 unspecified atom stereocenters. The van der Waals surface area contributed by atoms with Gasteiger partial charge in [-0.05, 0) is 70.7 Å². The first-order valence-electron chi connectivity index (χ1n) is 12.5. The summed E-state index contributed by atoms with van der Waals surface area (Å²) >= 11 is 0. The summed E-state index contributed by atoms with van der Waals surface area (Å²) in [6.07, 6.45) is 1.77. The number of ether oxygens (including phenoxy) is 1. The molecule has 0 saturated heterocycles. The van der Waals surface area contributed by atoms with Crippen LogP contribution >= 0.6 is 0 Å². The van der Waals surface area contributed by atoms with Crippen molar-refractivity contribution in [2.45, 2.75) is 52.7 Å². The summed E-state index contributed by atoms with van der Waals surface area (Å²) in [5, 5.41) is 16.2. The highest BCUT2D eigenvalue weighted by Crippen LogP contribution is 2.43. The number of fused-ring (bicyclic) bond motifs is 1. The fourth-order valence-corrected chi connectivity index (χ4v) is 5.10. The Bertz CT molecular complexity index is 1250. The Morgan fingerprint density at radius 2 is 1.83 bits per heavy atom. The minimum absolute atomic E-state index is 0.0643. The van der Waals surface area contributed by atoms with Crippen LogP contribution < -0.4 is 15.4 Å². The number of carbonyl (C=O) groups is 2. The minimum atomic E-state index is -0.985. The van der Waals surface area contributed by atoms with E-state index >= 15 is 0 Å². The third-order valence-electron chi connectivity index (χ3n) is 6.95. The van der Waals surface area contributed by atoms with E-state index in [-0.39, 0.29) is 11.5 Å². The average molecular weight is 487 g/mol. The number of hydrogen-bond acceptors (Lipinski definition) is 4. The fourth-order valence-electron chi connectivity index (χ4n) is 5.10. The molecule has 36 heavy (non-hydrogen) atoms. The SMILES string of the molecule is CC(=O)NCCNCc1cc(C(=O)O)c(OCc2cccc(-c3ccccc3)c2C)c2c1C(C)CC2. The van der Waals surface area contributed by atoms with E-state index in [1.54, 1.807) is 6.07 Å². The van der Waals surface area contributed by atoms with E-state index in [9.17, 15) is 14.7 Å². The number of carbonyl (C=O) groups excluding carboxylic acids is 1. The number of hydrogen-bond donors (Lipinski definition) is 3. The van der Waals surface area contributed by atoms with Gasteiger partial charge in [-0.2, -0.15) is 0 Å². The molecule has 1 aliphatic rings. The van der Waals surface area contributed by atoms with Gasteiger partial charge < -0.3 is 20.5 Å². The van der Waals surface area contributed by atoms with Crippen LogP contribution in [-0.2, 0) is 24.4 Å². The number of aromatic carboxylic acids is 1. The van der Waals surface area contributed by atoms with E-state index in [2.05, 4.69) is 42.7 Å². The first kappa shape index (κ1) is 25.5. The minimum Gasteiger partial charge on any atom is -0.488 e. The highest BCUT2D eigenvalue weighted by atomic mass is 16.5. The molecule has 1 aliphatic carbocycles. The van der Waals surface area contributed by atoms with Crippen molar-refractivity contribution in [2.24, 2.45) is 0 Å². The zero-order chi connectivity index (χ0) is 25.7. The van der Waals surface area contributed by atoms with Gasteiger partial charge in [-0.15, -0.1) is 0 Å². The van der Waals surface area contributed by atoms with Gasteiger partial charge in [-0.3, -0.25) is 4.79 Å². The van der Waals surface area contributed by atoms with Gasteiger partial charge in [0.25, 0.3) is 0 Å². The van der Waals surface area contributed by atoms with Crippen molar-refractivity contribution in [2.75, 3.05) is 13.1 Å². The van der Waals surface area contributed by atoms with Crippen molar-refractivity contribution < 1.29 is 19.4 Å². The molecule has 3 aromatic carbocycles. The van der Waals surface area contributed by atoms with Crippen molar-refractivity contribution in [3.63, 3.8) is 0 Å². The predicted octanol–water partition coefficient (Wildman–Crippen LogP) is 5.21. The van der Waals surface area contributed by atoms with Crippen LogP contribution in [0.1, 0.15) is 64.4 Å². The predicted molar refractivity (Wildman–Crippen MR) is 141 cm³/mol. The second-order valence-corrected chi connectivity index (χ2v) is 9.45. The number of carboxylic acid groups (broad SMARTS) is 1. The van der Waals surface area contributed by atoms with Gasteiger partial charge >= 0.3 is 5.97 Å². The Kier molecular flexibility index (Phi) is 8.06. The molecule has 0 aromatic heterocycles. The van der Waals surface area contributed by atoms with Crippen LogP contribution in [-0.4, -0.2) is 30.1 Å². The van der Waals surface area contributed by atoms with Crippen molar-refractivity contribution in [1.29, 1.82) is 0 Å². The van der Waals surface area contributed by atoms with Crippen LogP contribution in [0, 0.1) is 6.92 Å². The van der Waals surface area contributed by atoms with Gasteiger partial charge in [-0.1, -0.05) is 55.5 Å². The van der Waals surface area contributed by atoms with Gasteiger partial charge in [0.15, 0.2) is 0 Å². The fraction of sp³-hybridized carbons (Fsp3) is 0.333. The summed E-state index contributed by atoms with van der Waals surface area (Å²) < 4.78 is 6.32. The lowest BCUT2D eigenvalue weighted by Gasteiger charge is -2.20. The molecule has 188 valence electrons. The van der Waals surface area contributed by atoms with Crippen LogP contribution in [0.4, 0.5) is 0 Å². The average Bonchev–Trinajstić information content (AvgIpc) is 3.25. The van der Waals surface area contributed by atoms with Crippen LogP contribution in [0.3, 0.4) is 0 Å². The summed E-state index contributed by atoms with van der Waals surface area (Å²) in [4.78, 5) is 23.4. The molecule has 0 aliphatic heterocycles. The van der Waals surface area contributed by atoms with Gasteiger partial charge in [-0.25, -0.2) is 4.79 Å². The molecule has 1 atom stereocenters. The van der Waals surface area contributed by atoms with Crippen molar-refractivity contribution >= 4 is 11.9 Å². The number of rotatable bonds is 10. The van der Waals surface area contributed by atoms with Crippen molar-refractivity contribution in [3.05, 3.63) is 88.0 Å². The second kappa shape index (κ2) is 11.4. The molecule has 0 saturated carbocycles. The van der Waals surface area contributed by atoms with Gasteiger partial charge in [0, 0.05) is 26.6 Å². The number of amides is 1. The van der Waals surface area contributed by atoms with E-state index in [1.807, 2.05) is 30.3 Å². The number of nitrogens with one attached hydrogen (secondary N) is 2. The van der Waals surface area contributed by atoms with Gasteiger partial charge in [0.05, 0.1) is 0 Å². The Labute approximate surface area is 212 Å². The number of benzene rings is 3. The zero-order valence-electron chi connectivity index (χ0n) is 21.2. The summed E-state index contributed by atoms with van der Waals surface area (Å²) in [5.74, 6) is -0.221. The van der Waals surface area contributed by atoms with E-state index < -0.39 is 5.97 Å². The maximum atomic E-state index is 12.3. The first-order valence-corrected chi connectivity index (χ1v) is 12.5. The lowest BCUT2D eigenvalue weighted by molar-refractivity contribution is -0.118. The summed E-state index contributed by atoms with van der Waals surface area (Å²) in [7, 11) is 0.